The highest BCUT2D eigenvalue weighted by Crippen LogP contribution is 2.13. The summed E-state index contributed by atoms with van der Waals surface area (Å²) in [5.41, 5.74) is 2.78. The maximum absolute atomic E-state index is 12.3. The number of rotatable bonds is 7. The van der Waals surface area contributed by atoms with Gasteiger partial charge in [0.25, 0.3) is 5.91 Å². The Hall–Kier alpha value is -2.68. The first-order valence-electron chi connectivity index (χ1n) is 8.44. The van der Waals surface area contributed by atoms with Crippen LogP contribution in [-0.2, 0) is 22.3 Å². The number of aromatic nitrogens is 2. The van der Waals surface area contributed by atoms with Crippen LogP contribution in [-0.4, -0.2) is 31.2 Å². The highest BCUT2D eigenvalue weighted by atomic mass is 35.5. The molecular weight excluding hydrogens is 400 g/mol. The first-order valence-corrected chi connectivity index (χ1v) is 10.5. The number of hydrogen-bond acceptors (Lipinski definition) is 4. The molecule has 9 heteroatoms. The van der Waals surface area contributed by atoms with Crippen LogP contribution in [0.2, 0.25) is 5.02 Å². The first-order chi connectivity index (χ1) is 13.4. The van der Waals surface area contributed by atoms with Crippen LogP contribution in [0.15, 0.2) is 60.9 Å². The molecule has 1 heterocycles. The van der Waals surface area contributed by atoms with E-state index in [0.29, 0.717) is 22.7 Å². The van der Waals surface area contributed by atoms with Crippen LogP contribution >= 0.6 is 11.6 Å². The molecule has 146 valence electrons. The Kier molecular flexibility index (Phi) is 6.13. The zero-order valence-electron chi connectivity index (χ0n) is 15.1. The Balaban J connectivity index is 1.59. The zero-order valence-corrected chi connectivity index (χ0v) is 16.7. The van der Waals surface area contributed by atoms with Gasteiger partial charge in [0.05, 0.1) is 23.2 Å². The van der Waals surface area contributed by atoms with Crippen LogP contribution in [0.4, 0.5) is 0 Å². The van der Waals surface area contributed by atoms with E-state index < -0.39 is 10.0 Å². The summed E-state index contributed by atoms with van der Waals surface area (Å²) in [7, 11) is -1.92. The van der Waals surface area contributed by atoms with Crippen LogP contribution in [0.5, 0.6) is 0 Å². The van der Waals surface area contributed by atoms with Crippen molar-refractivity contribution in [3.8, 4) is 5.69 Å². The van der Waals surface area contributed by atoms with Gasteiger partial charge < -0.3 is 5.32 Å². The van der Waals surface area contributed by atoms with Crippen LogP contribution < -0.4 is 10.0 Å². The molecule has 2 aromatic carbocycles. The number of amides is 1. The molecule has 0 aliphatic carbocycles. The minimum absolute atomic E-state index is 0.0833. The van der Waals surface area contributed by atoms with Crippen molar-refractivity contribution in [2.75, 3.05) is 7.05 Å². The summed E-state index contributed by atoms with van der Waals surface area (Å²) in [6.07, 6.45) is 3.14. The first kappa shape index (κ1) is 20.1. The van der Waals surface area contributed by atoms with Crippen LogP contribution in [0.1, 0.15) is 21.5 Å². The molecule has 0 radical (unpaired) electrons. The average Bonchev–Trinajstić information content (AvgIpc) is 3.18. The smallest absolute Gasteiger partial charge is 0.254 e. The monoisotopic (exact) mass is 418 g/mol. The molecule has 1 aromatic heterocycles. The normalized spacial score (nSPS) is 11.4. The van der Waals surface area contributed by atoms with Gasteiger partial charge in [-0.05, 0) is 42.4 Å². The molecule has 0 fully saturated rings. The Labute approximate surface area is 168 Å². The van der Waals surface area contributed by atoms with Crippen molar-refractivity contribution in [3.05, 3.63) is 82.6 Å². The summed E-state index contributed by atoms with van der Waals surface area (Å²) in [6, 6.07) is 14.2. The van der Waals surface area contributed by atoms with E-state index in [0.717, 1.165) is 11.3 Å². The van der Waals surface area contributed by atoms with E-state index in [2.05, 4.69) is 15.1 Å². The maximum atomic E-state index is 12.3. The molecule has 0 aliphatic rings. The van der Waals surface area contributed by atoms with Gasteiger partial charge in [0, 0.05) is 17.8 Å². The van der Waals surface area contributed by atoms with Gasteiger partial charge in [-0.1, -0.05) is 35.9 Å². The fourth-order valence-corrected chi connectivity index (χ4v) is 3.41. The molecule has 2 N–H and O–H groups in total. The van der Waals surface area contributed by atoms with Crippen molar-refractivity contribution in [3.63, 3.8) is 0 Å². The number of benzene rings is 2. The van der Waals surface area contributed by atoms with Crippen molar-refractivity contribution < 1.29 is 13.2 Å². The highest BCUT2D eigenvalue weighted by molar-refractivity contribution is 7.88. The van der Waals surface area contributed by atoms with Crippen molar-refractivity contribution in [1.82, 2.24) is 19.8 Å². The molecular formula is C19H19ClN4O3S. The minimum atomic E-state index is -3.31. The van der Waals surface area contributed by atoms with Crippen LogP contribution in [0.25, 0.3) is 5.69 Å². The highest BCUT2D eigenvalue weighted by Gasteiger charge is 2.11. The number of nitrogens with one attached hydrogen (secondary N) is 2. The molecule has 3 aromatic rings. The summed E-state index contributed by atoms with van der Waals surface area (Å²) in [4.78, 5) is 12.3. The van der Waals surface area contributed by atoms with Crippen LogP contribution in [0, 0.1) is 0 Å². The Bertz CT molecular complexity index is 1060. The lowest BCUT2D eigenvalue weighted by atomic mass is 10.1. The Morgan fingerprint density at radius 1 is 1.07 bits per heavy atom. The van der Waals surface area contributed by atoms with Gasteiger partial charge in [0.1, 0.15) is 0 Å². The molecule has 7 nitrogen and oxygen atoms in total. The molecule has 0 saturated carbocycles. The average molecular weight is 419 g/mol. The second kappa shape index (κ2) is 8.55. The number of halogens is 1. The number of nitrogens with zero attached hydrogens (tertiary/aromatic N) is 2. The summed E-state index contributed by atoms with van der Waals surface area (Å²) < 4.78 is 27.0. The second-order valence-electron chi connectivity index (χ2n) is 6.11. The van der Waals surface area contributed by atoms with Gasteiger partial charge in [0.15, 0.2) is 0 Å². The van der Waals surface area contributed by atoms with Gasteiger partial charge in [-0.3, -0.25) is 4.79 Å². The lowest BCUT2D eigenvalue weighted by Crippen LogP contribution is -2.22. The summed E-state index contributed by atoms with van der Waals surface area (Å²) >= 11 is 5.88. The van der Waals surface area contributed by atoms with Gasteiger partial charge in [-0.15, -0.1) is 0 Å². The van der Waals surface area contributed by atoms with Crippen molar-refractivity contribution in [2.45, 2.75) is 12.3 Å². The minimum Gasteiger partial charge on any atom is -0.348 e. The lowest BCUT2D eigenvalue weighted by molar-refractivity contribution is 0.0951. The largest absolute Gasteiger partial charge is 0.348 e. The standard InChI is InChI=1S/C19H19ClN4O3S/c1-21-28(26,27)13-15-4-2-14(3-5-15)10-22-19(25)16-11-23-24(12-16)18-8-6-17(20)7-9-18/h2-9,11-12,21H,10,13H2,1H3,(H,22,25). The zero-order chi connectivity index (χ0) is 20.1. The molecule has 3 rings (SSSR count). The molecule has 0 aliphatic heterocycles. The van der Waals surface area contributed by atoms with E-state index in [-0.39, 0.29) is 11.7 Å². The third kappa shape index (κ3) is 5.19. The van der Waals surface area contributed by atoms with Gasteiger partial charge in [-0.25, -0.2) is 17.8 Å². The van der Waals surface area contributed by atoms with E-state index in [1.807, 2.05) is 12.1 Å². The summed E-state index contributed by atoms with van der Waals surface area (Å²) in [5.74, 6) is -0.331. The molecule has 0 saturated heterocycles. The maximum Gasteiger partial charge on any atom is 0.254 e. The molecule has 28 heavy (non-hydrogen) atoms. The molecule has 1 amide bonds. The Morgan fingerprint density at radius 3 is 2.36 bits per heavy atom. The van der Waals surface area contributed by atoms with Crippen molar-refractivity contribution in [2.24, 2.45) is 0 Å². The number of hydrogen-bond donors (Lipinski definition) is 2. The predicted octanol–water partition coefficient (Wildman–Crippen LogP) is 2.50. The summed E-state index contributed by atoms with van der Waals surface area (Å²) in [6.45, 7) is 0.323. The molecule has 0 bridgehead atoms. The SMILES string of the molecule is CNS(=O)(=O)Cc1ccc(CNC(=O)c2cnn(-c3ccc(Cl)cc3)c2)cc1. The van der Waals surface area contributed by atoms with Gasteiger partial charge in [-0.2, -0.15) is 5.10 Å². The summed E-state index contributed by atoms with van der Waals surface area (Å²) in [5, 5.41) is 7.65. The van der Waals surface area contributed by atoms with Gasteiger partial charge >= 0.3 is 0 Å². The third-order valence-electron chi connectivity index (χ3n) is 4.08. The molecule has 0 spiro atoms. The fourth-order valence-electron chi connectivity index (χ4n) is 2.50. The lowest BCUT2D eigenvalue weighted by Gasteiger charge is -2.06. The third-order valence-corrected chi connectivity index (χ3v) is 5.67. The van der Waals surface area contributed by atoms with E-state index in [9.17, 15) is 13.2 Å². The Morgan fingerprint density at radius 2 is 1.71 bits per heavy atom. The number of carbonyl (C=O) groups is 1. The predicted molar refractivity (Wildman–Crippen MR) is 108 cm³/mol. The number of sulfonamides is 1. The van der Waals surface area contributed by atoms with Crippen LogP contribution in [0.3, 0.4) is 0 Å². The van der Waals surface area contributed by atoms with E-state index in [1.165, 1.54) is 13.2 Å². The van der Waals surface area contributed by atoms with Gasteiger partial charge in [0.2, 0.25) is 10.0 Å². The molecule has 0 unspecified atom stereocenters. The van der Waals surface area contributed by atoms with E-state index in [4.69, 9.17) is 11.6 Å². The number of carbonyl (C=O) groups excluding carboxylic acids is 1. The fraction of sp³-hybridized carbons (Fsp3) is 0.158. The topological polar surface area (TPSA) is 93.1 Å². The quantitative estimate of drug-likeness (QED) is 0.616. The van der Waals surface area contributed by atoms with E-state index in [1.54, 1.807) is 47.3 Å². The van der Waals surface area contributed by atoms with Crippen molar-refractivity contribution >= 4 is 27.5 Å². The second-order valence-corrected chi connectivity index (χ2v) is 8.48. The van der Waals surface area contributed by atoms with Crippen molar-refractivity contribution in [1.29, 1.82) is 0 Å². The van der Waals surface area contributed by atoms with E-state index >= 15 is 0 Å². The molecule has 0 atom stereocenters.